The molecule has 0 spiro atoms. The van der Waals surface area contributed by atoms with Gasteiger partial charge >= 0.3 is 0 Å². The van der Waals surface area contributed by atoms with Crippen LogP contribution in [0.5, 0.6) is 5.75 Å². The molecular weight excluding hydrogens is 545 g/mol. The molecule has 154 valence electrons. The summed E-state index contributed by atoms with van der Waals surface area (Å²) in [7, 11) is 3.43. The number of guanidine groups is 1. The summed E-state index contributed by atoms with van der Waals surface area (Å²) in [6, 6.07) is 16.3. The van der Waals surface area contributed by atoms with Gasteiger partial charge in [-0.3, -0.25) is 9.67 Å². The fourth-order valence-corrected chi connectivity index (χ4v) is 3.45. The standard InChI is InChI=1S/C21H24BrN5O.HI/c1-23-21(24-13-16-8-9-20(28-2)19(22)12-16)25-14-17-6-3-4-7-18(17)15-27-11-5-10-26-27;/h3-12H,13-15H2,1-2H3,(H2,23,24,25);1H. The van der Waals surface area contributed by atoms with Crippen LogP contribution in [-0.4, -0.2) is 29.9 Å². The maximum Gasteiger partial charge on any atom is 0.191 e. The summed E-state index contributed by atoms with van der Waals surface area (Å²) in [5, 5.41) is 11.0. The van der Waals surface area contributed by atoms with Crippen molar-refractivity contribution in [3.63, 3.8) is 0 Å². The molecule has 29 heavy (non-hydrogen) atoms. The summed E-state index contributed by atoms with van der Waals surface area (Å²) >= 11 is 3.52. The zero-order chi connectivity index (χ0) is 19.8. The highest BCUT2D eigenvalue weighted by molar-refractivity contribution is 14.0. The van der Waals surface area contributed by atoms with Gasteiger partial charge in [-0.2, -0.15) is 5.10 Å². The van der Waals surface area contributed by atoms with Crippen molar-refractivity contribution in [1.82, 2.24) is 20.4 Å². The highest BCUT2D eigenvalue weighted by Gasteiger charge is 2.06. The monoisotopic (exact) mass is 569 g/mol. The van der Waals surface area contributed by atoms with Gasteiger partial charge in [-0.05, 0) is 50.8 Å². The molecule has 0 aliphatic heterocycles. The van der Waals surface area contributed by atoms with E-state index in [1.165, 1.54) is 11.1 Å². The zero-order valence-corrected chi connectivity index (χ0v) is 20.3. The third-order valence-electron chi connectivity index (χ3n) is 4.36. The lowest BCUT2D eigenvalue weighted by molar-refractivity contribution is 0.412. The summed E-state index contributed by atoms with van der Waals surface area (Å²) < 4.78 is 8.13. The summed E-state index contributed by atoms with van der Waals surface area (Å²) in [5.74, 6) is 1.57. The number of ether oxygens (including phenoxy) is 1. The smallest absolute Gasteiger partial charge is 0.191 e. The van der Waals surface area contributed by atoms with Crippen molar-refractivity contribution < 1.29 is 4.74 Å². The predicted molar refractivity (Wildman–Crippen MR) is 131 cm³/mol. The first kappa shape index (κ1) is 23.2. The van der Waals surface area contributed by atoms with Gasteiger partial charge in [0.05, 0.1) is 18.1 Å². The van der Waals surface area contributed by atoms with Crippen LogP contribution < -0.4 is 15.4 Å². The number of rotatable bonds is 7. The molecule has 0 saturated heterocycles. The summed E-state index contributed by atoms with van der Waals surface area (Å²) in [6.45, 7) is 2.09. The summed E-state index contributed by atoms with van der Waals surface area (Å²) in [6.07, 6.45) is 3.77. The zero-order valence-electron chi connectivity index (χ0n) is 16.4. The molecule has 0 bridgehead atoms. The van der Waals surface area contributed by atoms with Gasteiger partial charge in [0.2, 0.25) is 0 Å². The van der Waals surface area contributed by atoms with E-state index < -0.39 is 0 Å². The highest BCUT2D eigenvalue weighted by Crippen LogP contribution is 2.25. The predicted octanol–water partition coefficient (Wildman–Crippen LogP) is 4.19. The van der Waals surface area contributed by atoms with Gasteiger partial charge in [0, 0.05) is 32.5 Å². The normalized spacial score (nSPS) is 10.9. The van der Waals surface area contributed by atoms with Crippen molar-refractivity contribution in [3.05, 3.63) is 82.1 Å². The van der Waals surface area contributed by atoms with E-state index in [0.717, 1.165) is 28.3 Å². The Kier molecular flexibility index (Phi) is 9.46. The lowest BCUT2D eigenvalue weighted by Gasteiger charge is -2.15. The van der Waals surface area contributed by atoms with Gasteiger partial charge in [-0.25, -0.2) is 0 Å². The fourth-order valence-electron chi connectivity index (χ4n) is 2.86. The number of nitrogens with zero attached hydrogens (tertiary/aromatic N) is 3. The minimum absolute atomic E-state index is 0. The third kappa shape index (κ3) is 6.74. The molecule has 1 heterocycles. The SMILES string of the molecule is CN=C(NCc1ccc(OC)c(Br)c1)NCc1ccccc1Cn1cccn1.I. The minimum Gasteiger partial charge on any atom is -0.496 e. The summed E-state index contributed by atoms with van der Waals surface area (Å²) in [5.41, 5.74) is 3.58. The average Bonchev–Trinajstić information content (AvgIpc) is 3.22. The van der Waals surface area contributed by atoms with Crippen LogP contribution in [0, 0.1) is 0 Å². The number of methoxy groups -OCH3 is 1. The van der Waals surface area contributed by atoms with Crippen LogP contribution in [0.2, 0.25) is 0 Å². The van der Waals surface area contributed by atoms with E-state index in [2.05, 4.69) is 60.9 Å². The fraction of sp³-hybridized carbons (Fsp3) is 0.238. The first-order valence-corrected chi connectivity index (χ1v) is 9.80. The first-order valence-electron chi connectivity index (χ1n) is 9.00. The largest absolute Gasteiger partial charge is 0.496 e. The number of nitrogens with one attached hydrogen (secondary N) is 2. The van der Waals surface area contributed by atoms with Crippen molar-refractivity contribution in [2.24, 2.45) is 4.99 Å². The van der Waals surface area contributed by atoms with E-state index in [-0.39, 0.29) is 24.0 Å². The number of hydrogen-bond donors (Lipinski definition) is 2. The van der Waals surface area contributed by atoms with E-state index in [0.29, 0.717) is 13.1 Å². The molecular formula is C21H25BrIN5O. The third-order valence-corrected chi connectivity index (χ3v) is 4.98. The Bertz CT molecular complexity index is 931. The van der Waals surface area contributed by atoms with Gasteiger partial charge < -0.3 is 15.4 Å². The van der Waals surface area contributed by atoms with Gasteiger partial charge in [-0.15, -0.1) is 24.0 Å². The lowest BCUT2D eigenvalue weighted by atomic mass is 10.1. The van der Waals surface area contributed by atoms with Gasteiger partial charge in [0.15, 0.2) is 5.96 Å². The van der Waals surface area contributed by atoms with Crippen LogP contribution in [0.1, 0.15) is 16.7 Å². The Morgan fingerprint density at radius 3 is 2.52 bits per heavy atom. The van der Waals surface area contributed by atoms with Crippen LogP contribution in [0.15, 0.2) is 70.4 Å². The molecule has 8 heteroatoms. The van der Waals surface area contributed by atoms with Crippen molar-refractivity contribution >= 4 is 45.9 Å². The molecule has 2 N–H and O–H groups in total. The Hall–Kier alpha value is -2.07. The lowest BCUT2D eigenvalue weighted by Crippen LogP contribution is -2.36. The van der Waals surface area contributed by atoms with E-state index in [1.54, 1.807) is 20.4 Å². The molecule has 0 saturated carbocycles. The van der Waals surface area contributed by atoms with Crippen molar-refractivity contribution in [1.29, 1.82) is 0 Å². The number of halogens is 2. The van der Waals surface area contributed by atoms with Crippen LogP contribution in [0.25, 0.3) is 0 Å². The summed E-state index contributed by atoms with van der Waals surface area (Å²) in [4.78, 5) is 4.32. The van der Waals surface area contributed by atoms with Gasteiger partial charge in [-0.1, -0.05) is 30.3 Å². The number of benzene rings is 2. The van der Waals surface area contributed by atoms with Crippen molar-refractivity contribution in [2.75, 3.05) is 14.2 Å². The molecule has 0 aliphatic rings. The molecule has 2 aromatic carbocycles. The molecule has 0 radical (unpaired) electrons. The second-order valence-electron chi connectivity index (χ2n) is 6.22. The maximum atomic E-state index is 5.27. The van der Waals surface area contributed by atoms with Crippen LogP contribution >= 0.6 is 39.9 Å². The Labute approximate surface area is 196 Å². The van der Waals surface area contributed by atoms with Crippen LogP contribution in [-0.2, 0) is 19.6 Å². The number of hydrogen-bond acceptors (Lipinski definition) is 3. The molecule has 0 fully saturated rings. The molecule has 6 nitrogen and oxygen atoms in total. The number of aliphatic imine (C=N–C) groups is 1. The number of aromatic nitrogens is 2. The second kappa shape index (κ2) is 11.8. The minimum atomic E-state index is 0. The topological polar surface area (TPSA) is 63.5 Å². The second-order valence-corrected chi connectivity index (χ2v) is 7.07. The first-order chi connectivity index (χ1) is 13.7. The Morgan fingerprint density at radius 2 is 1.86 bits per heavy atom. The molecule has 0 unspecified atom stereocenters. The highest BCUT2D eigenvalue weighted by atomic mass is 127. The van der Waals surface area contributed by atoms with Crippen LogP contribution in [0.4, 0.5) is 0 Å². The van der Waals surface area contributed by atoms with E-state index in [9.17, 15) is 0 Å². The molecule has 0 amide bonds. The molecule has 3 rings (SSSR count). The quantitative estimate of drug-likeness (QED) is 0.254. The van der Waals surface area contributed by atoms with E-state index >= 15 is 0 Å². The molecule has 0 aliphatic carbocycles. The maximum absolute atomic E-state index is 5.27. The van der Waals surface area contributed by atoms with Gasteiger partial charge in [0.1, 0.15) is 5.75 Å². The molecule has 1 aromatic heterocycles. The van der Waals surface area contributed by atoms with Crippen molar-refractivity contribution in [2.45, 2.75) is 19.6 Å². The van der Waals surface area contributed by atoms with E-state index in [4.69, 9.17) is 4.74 Å². The molecule has 3 aromatic rings. The Balaban J connectivity index is 0.00000300. The Morgan fingerprint density at radius 1 is 1.10 bits per heavy atom. The van der Waals surface area contributed by atoms with Crippen molar-refractivity contribution in [3.8, 4) is 5.75 Å². The van der Waals surface area contributed by atoms with Crippen LogP contribution in [0.3, 0.4) is 0 Å². The van der Waals surface area contributed by atoms with Gasteiger partial charge in [0.25, 0.3) is 0 Å². The van der Waals surface area contributed by atoms with E-state index in [1.807, 2.05) is 35.1 Å². The molecule has 0 atom stereocenters. The average molecular weight is 570 g/mol.